The van der Waals surface area contributed by atoms with Crippen LogP contribution in [-0.2, 0) is 10.0 Å². The van der Waals surface area contributed by atoms with E-state index in [1.54, 1.807) is 31.2 Å². The van der Waals surface area contributed by atoms with Crippen molar-refractivity contribution in [2.24, 2.45) is 0 Å². The lowest BCUT2D eigenvalue weighted by molar-refractivity contribution is 0.103. The van der Waals surface area contributed by atoms with Gasteiger partial charge in [0.2, 0.25) is 10.0 Å². The minimum atomic E-state index is -3.32. The lowest BCUT2D eigenvalue weighted by Gasteiger charge is -2.05. The fourth-order valence-electron chi connectivity index (χ4n) is 2.18. The number of hydrogen-bond acceptors (Lipinski definition) is 4. The first-order chi connectivity index (χ1) is 9.69. The van der Waals surface area contributed by atoms with Gasteiger partial charge >= 0.3 is 0 Å². The van der Waals surface area contributed by atoms with Gasteiger partial charge in [-0.1, -0.05) is 0 Å². The van der Waals surface area contributed by atoms with Gasteiger partial charge in [0.25, 0.3) is 0 Å². The van der Waals surface area contributed by atoms with Gasteiger partial charge in [0, 0.05) is 16.8 Å². The summed E-state index contributed by atoms with van der Waals surface area (Å²) in [7, 11) is -3.32. The second-order valence-electron chi connectivity index (χ2n) is 5.00. The topological polar surface area (TPSA) is 76.4 Å². The van der Waals surface area contributed by atoms with E-state index in [2.05, 4.69) is 4.72 Å². The van der Waals surface area contributed by atoms with Gasteiger partial charge in [-0.15, -0.1) is 0 Å². The van der Waals surface area contributed by atoms with Gasteiger partial charge < -0.3 is 4.42 Å². The van der Waals surface area contributed by atoms with Crippen LogP contribution in [0.15, 0.2) is 28.7 Å². The third-order valence-electron chi connectivity index (χ3n) is 3.24. The monoisotopic (exact) mass is 307 g/mol. The maximum absolute atomic E-state index is 12.5. The number of hydrogen-bond donors (Lipinski definition) is 1. The van der Waals surface area contributed by atoms with Crippen molar-refractivity contribution in [3.8, 4) is 0 Å². The van der Waals surface area contributed by atoms with E-state index in [9.17, 15) is 13.2 Å². The Morgan fingerprint density at radius 1 is 1.05 bits per heavy atom. The molecule has 0 radical (unpaired) electrons. The fraction of sp³-hybridized carbons (Fsp3) is 0.267. The predicted molar refractivity (Wildman–Crippen MR) is 81.3 cm³/mol. The molecule has 112 valence electrons. The first kappa shape index (κ1) is 15.3. The molecule has 0 amide bonds. The van der Waals surface area contributed by atoms with E-state index < -0.39 is 10.0 Å². The van der Waals surface area contributed by atoms with E-state index in [1.807, 2.05) is 13.8 Å². The number of aryl methyl sites for hydroxylation is 2. The summed E-state index contributed by atoms with van der Waals surface area (Å²) in [6.07, 6.45) is 1.08. The minimum Gasteiger partial charge on any atom is -0.466 e. The molecule has 0 atom stereocenters. The summed E-state index contributed by atoms with van der Waals surface area (Å²) in [5, 5.41) is 0. The highest BCUT2D eigenvalue weighted by molar-refractivity contribution is 7.92. The molecule has 6 heteroatoms. The average Bonchev–Trinajstić information content (AvgIpc) is 2.61. The third-order valence-corrected chi connectivity index (χ3v) is 3.85. The maximum atomic E-state index is 12.5. The Hall–Kier alpha value is -2.08. The number of benzene rings is 1. The van der Waals surface area contributed by atoms with E-state index >= 15 is 0 Å². The van der Waals surface area contributed by atoms with Crippen LogP contribution in [0.2, 0.25) is 0 Å². The highest BCUT2D eigenvalue weighted by Gasteiger charge is 2.19. The number of rotatable bonds is 4. The van der Waals surface area contributed by atoms with E-state index in [0.29, 0.717) is 22.6 Å². The molecule has 0 bridgehead atoms. The fourth-order valence-corrected chi connectivity index (χ4v) is 2.74. The molecule has 0 fully saturated rings. The van der Waals surface area contributed by atoms with Gasteiger partial charge in [0.15, 0.2) is 5.78 Å². The normalized spacial score (nSPS) is 11.4. The van der Waals surface area contributed by atoms with Crippen molar-refractivity contribution < 1.29 is 17.6 Å². The summed E-state index contributed by atoms with van der Waals surface area (Å²) in [6.45, 7) is 5.42. The number of sulfonamides is 1. The quantitative estimate of drug-likeness (QED) is 0.881. The Morgan fingerprint density at radius 3 is 2.05 bits per heavy atom. The number of carbonyl (C=O) groups is 1. The van der Waals surface area contributed by atoms with Gasteiger partial charge in [-0.05, 0) is 45.0 Å². The van der Waals surface area contributed by atoms with Crippen molar-refractivity contribution in [3.63, 3.8) is 0 Å². The Bertz CT molecular complexity index is 786. The predicted octanol–water partition coefficient (Wildman–Crippen LogP) is 2.81. The van der Waals surface area contributed by atoms with Crippen molar-refractivity contribution >= 4 is 21.5 Å². The van der Waals surface area contributed by atoms with Crippen LogP contribution in [0.4, 0.5) is 5.69 Å². The lowest BCUT2D eigenvalue weighted by Crippen LogP contribution is -2.10. The van der Waals surface area contributed by atoms with E-state index in [0.717, 1.165) is 17.6 Å². The molecule has 0 unspecified atom stereocenters. The Labute approximate surface area is 124 Å². The Balaban J connectivity index is 2.32. The van der Waals surface area contributed by atoms with Crippen LogP contribution in [0.3, 0.4) is 0 Å². The van der Waals surface area contributed by atoms with Crippen molar-refractivity contribution in [1.29, 1.82) is 0 Å². The first-order valence-corrected chi connectivity index (χ1v) is 8.27. The molecule has 0 aliphatic heterocycles. The van der Waals surface area contributed by atoms with Gasteiger partial charge in [-0.3, -0.25) is 9.52 Å². The Kier molecular flexibility index (Phi) is 3.91. The molecule has 1 heterocycles. The number of anilines is 1. The van der Waals surface area contributed by atoms with Gasteiger partial charge in [0.05, 0.1) is 11.8 Å². The summed E-state index contributed by atoms with van der Waals surface area (Å²) >= 11 is 0. The average molecular weight is 307 g/mol. The van der Waals surface area contributed by atoms with Crippen molar-refractivity contribution in [2.75, 3.05) is 11.0 Å². The van der Waals surface area contributed by atoms with E-state index in [1.165, 1.54) is 0 Å². The molecule has 0 saturated carbocycles. The lowest BCUT2D eigenvalue weighted by atomic mass is 10.00. The molecule has 1 aromatic heterocycles. The molecule has 0 saturated heterocycles. The van der Waals surface area contributed by atoms with Crippen LogP contribution in [-0.4, -0.2) is 20.5 Å². The highest BCUT2D eigenvalue weighted by Crippen LogP contribution is 2.24. The molecule has 21 heavy (non-hydrogen) atoms. The zero-order chi connectivity index (χ0) is 15.8. The number of nitrogens with one attached hydrogen (secondary N) is 1. The number of ketones is 1. The van der Waals surface area contributed by atoms with E-state index in [4.69, 9.17) is 4.42 Å². The Morgan fingerprint density at radius 2 is 1.62 bits per heavy atom. The highest BCUT2D eigenvalue weighted by atomic mass is 32.2. The van der Waals surface area contributed by atoms with Crippen LogP contribution in [0.5, 0.6) is 0 Å². The number of furan rings is 1. The summed E-state index contributed by atoms with van der Waals surface area (Å²) in [5.74, 6) is 1.19. The van der Waals surface area contributed by atoms with Crippen LogP contribution < -0.4 is 4.72 Å². The molecule has 5 nitrogen and oxygen atoms in total. The molecule has 2 aromatic rings. The second-order valence-corrected chi connectivity index (χ2v) is 6.74. The molecule has 2 rings (SSSR count). The van der Waals surface area contributed by atoms with Crippen molar-refractivity contribution in [3.05, 3.63) is 52.5 Å². The molecule has 0 spiro atoms. The molecule has 1 N–H and O–H groups in total. The largest absolute Gasteiger partial charge is 0.466 e. The smallest absolute Gasteiger partial charge is 0.229 e. The van der Waals surface area contributed by atoms with Crippen molar-refractivity contribution in [2.45, 2.75) is 20.8 Å². The third kappa shape index (κ3) is 3.33. The zero-order valence-corrected chi connectivity index (χ0v) is 13.2. The van der Waals surface area contributed by atoms with Gasteiger partial charge in [-0.25, -0.2) is 8.42 Å². The van der Waals surface area contributed by atoms with Crippen LogP contribution in [0.1, 0.15) is 33.0 Å². The summed E-state index contributed by atoms with van der Waals surface area (Å²) in [6, 6.07) is 6.31. The zero-order valence-electron chi connectivity index (χ0n) is 12.4. The van der Waals surface area contributed by atoms with Crippen LogP contribution >= 0.6 is 0 Å². The first-order valence-electron chi connectivity index (χ1n) is 6.38. The van der Waals surface area contributed by atoms with Crippen molar-refractivity contribution in [1.82, 2.24) is 0 Å². The number of carbonyl (C=O) groups excluding carboxylic acids is 1. The standard InChI is InChI=1S/C15H17NO4S/c1-9-10(2)20-11(3)14(9)15(17)12-5-7-13(8-6-12)16-21(4,18)19/h5-8,16H,1-4H3. The van der Waals surface area contributed by atoms with E-state index in [-0.39, 0.29) is 5.78 Å². The minimum absolute atomic E-state index is 0.132. The molecule has 0 aliphatic rings. The maximum Gasteiger partial charge on any atom is 0.229 e. The molecule has 0 aliphatic carbocycles. The summed E-state index contributed by atoms with van der Waals surface area (Å²) < 4.78 is 30.1. The van der Waals surface area contributed by atoms with Gasteiger partial charge in [0.1, 0.15) is 11.5 Å². The molecular weight excluding hydrogens is 290 g/mol. The summed E-state index contributed by atoms with van der Waals surface area (Å²) in [4.78, 5) is 12.5. The molecule has 1 aromatic carbocycles. The second kappa shape index (κ2) is 5.37. The SMILES string of the molecule is Cc1oc(C)c(C(=O)c2ccc(NS(C)(=O)=O)cc2)c1C. The summed E-state index contributed by atoms with van der Waals surface area (Å²) in [5.41, 5.74) is 2.30. The van der Waals surface area contributed by atoms with Gasteiger partial charge in [-0.2, -0.15) is 0 Å². The van der Waals surface area contributed by atoms with Crippen LogP contribution in [0.25, 0.3) is 0 Å². The van der Waals surface area contributed by atoms with Crippen LogP contribution in [0, 0.1) is 20.8 Å². The molecular formula is C15H17NO4S.